The topological polar surface area (TPSA) is 97.5 Å². The number of hydrogen-bond acceptors (Lipinski definition) is 5. The predicted octanol–water partition coefficient (Wildman–Crippen LogP) is 3.21. The summed E-state index contributed by atoms with van der Waals surface area (Å²) in [4.78, 5) is 24.4. The lowest BCUT2D eigenvalue weighted by molar-refractivity contribution is 0.0682. The zero-order valence-corrected chi connectivity index (χ0v) is 14.9. The Balaban J connectivity index is 2.08. The molecule has 1 fully saturated rings. The van der Waals surface area contributed by atoms with Crippen LogP contribution in [0.5, 0.6) is 0 Å². The average Bonchev–Trinajstić information content (AvgIpc) is 3.30. The van der Waals surface area contributed by atoms with Crippen LogP contribution in [0.15, 0.2) is 27.2 Å². The third-order valence-electron chi connectivity index (χ3n) is 3.86. The lowest BCUT2D eigenvalue weighted by atomic mass is 9.95. The molecule has 3 rings (SSSR count). The summed E-state index contributed by atoms with van der Waals surface area (Å²) in [6.07, 6.45) is 2.13. The van der Waals surface area contributed by atoms with Crippen LogP contribution in [0.3, 0.4) is 0 Å². The standard InChI is InChI=1S/C16H12BrNO5S/c17-10-3-4-11(9(7-10)5-6-24-22)14(19)12-13(16(20)21)18-23-15(12)8-1-2-8/h3-4,7-8H,1-2,5-6H2/p+1. The van der Waals surface area contributed by atoms with Crippen LogP contribution in [0.2, 0.25) is 0 Å². The van der Waals surface area contributed by atoms with Gasteiger partial charge >= 0.3 is 17.6 Å². The van der Waals surface area contributed by atoms with Gasteiger partial charge in [0.1, 0.15) is 5.56 Å². The average molecular weight is 411 g/mol. The minimum absolute atomic E-state index is 0.0309. The number of carboxylic acid groups (broad SMARTS) is 1. The molecule has 0 saturated heterocycles. The van der Waals surface area contributed by atoms with Crippen molar-refractivity contribution in [3.8, 4) is 0 Å². The minimum atomic E-state index is -1.29. The molecule has 1 aromatic heterocycles. The van der Waals surface area contributed by atoms with E-state index in [9.17, 15) is 18.9 Å². The number of hydrogen-bond donors (Lipinski definition) is 1. The molecule has 6 nitrogen and oxygen atoms in total. The van der Waals surface area contributed by atoms with Crippen molar-refractivity contribution in [3.05, 3.63) is 50.8 Å². The summed E-state index contributed by atoms with van der Waals surface area (Å²) in [5.74, 6) is -0.983. The second-order valence-corrected chi connectivity index (χ2v) is 7.11. The minimum Gasteiger partial charge on any atom is -0.476 e. The van der Waals surface area contributed by atoms with Crippen LogP contribution in [-0.4, -0.2) is 27.8 Å². The molecule has 0 radical (unpaired) electrons. The number of nitrogens with zero attached hydrogens (tertiary/aromatic N) is 1. The Hall–Kier alpha value is -1.93. The van der Waals surface area contributed by atoms with Crippen LogP contribution in [-0.2, 0) is 22.3 Å². The van der Waals surface area contributed by atoms with Crippen LogP contribution in [0.1, 0.15) is 56.5 Å². The fraction of sp³-hybridized carbons (Fsp3) is 0.312. The monoisotopic (exact) mass is 410 g/mol. The first-order valence-electron chi connectivity index (χ1n) is 7.33. The highest BCUT2D eigenvalue weighted by Crippen LogP contribution is 2.43. The Morgan fingerprint density at radius 1 is 1.38 bits per heavy atom. The van der Waals surface area contributed by atoms with Crippen LogP contribution in [0.4, 0.5) is 0 Å². The van der Waals surface area contributed by atoms with Crippen LogP contribution < -0.4 is 0 Å². The van der Waals surface area contributed by atoms with Crippen molar-refractivity contribution in [1.82, 2.24) is 5.16 Å². The van der Waals surface area contributed by atoms with Gasteiger partial charge in [-0.15, -0.1) is 0 Å². The van der Waals surface area contributed by atoms with Crippen LogP contribution >= 0.6 is 15.9 Å². The van der Waals surface area contributed by atoms with Crippen molar-refractivity contribution in [2.24, 2.45) is 0 Å². The van der Waals surface area contributed by atoms with Gasteiger partial charge in [0.15, 0.2) is 11.5 Å². The highest BCUT2D eigenvalue weighted by molar-refractivity contribution is 9.10. The number of carbonyl (C=O) groups is 2. The van der Waals surface area contributed by atoms with E-state index in [1.54, 1.807) is 18.2 Å². The molecular formula is C16H13BrNO5S+. The molecule has 1 N–H and O–H groups in total. The number of carboxylic acids is 1. The van der Waals surface area contributed by atoms with Crippen molar-refractivity contribution in [1.29, 1.82) is 0 Å². The Bertz CT molecular complexity index is 828. The largest absolute Gasteiger partial charge is 0.476 e. The van der Waals surface area contributed by atoms with E-state index in [2.05, 4.69) is 21.1 Å². The van der Waals surface area contributed by atoms with E-state index in [-0.39, 0.29) is 17.2 Å². The molecule has 1 heterocycles. The Morgan fingerprint density at radius 3 is 2.75 bits per heavy atom. The van der Waals surface area contributed by atoms with Crippen molar-refractivity contribution in [2.75, 3.05) is 5.75 Å². The molecular weight excluding hydrogens is 398 g/mol. The van der Waals surface area contributed by atoms with Gasteiger partial charge in [0, 0.05) is 26.6 Å². The molecule has 1 saturated carbocycles. The SMILES string of the molecule is O=[S+]CCc1cc(Br)ccc1C(=O)c1c(C(=O)O)noc1C1CC1. The molecule has 0 amide bonds. The molecule has 124 valence electrons. The zero-order valence-electron chi connectivity index (χ0n) is 12.5. The van der Waals surface area contributed by atoms with E-state index < -0.39 is 11.8 Å². The van der Waals surface area contributed by atoms with Gasteiger partial charge in [-0.1, -0.05) is 21.1 Å². The summed E-state index contributed by atoms with van der Waals surface area (Å²) in [5.41, 5.74) is 0.745. The van der Waals surface area contributed by atoms with E-state index >= 15 is 0 Å². The lowest BCUT2D eigenvalue weighted by Gasteiger charge is -2.07. The van der Waals surface area contributed by atoms with Crippen LogP contribution in [0.25, 0.3) is 0 Å². The molecule has 1 aliphatic rings. The predicted molar refractivity (Wildman–Crippen MR) is 89.6 cm³/mol. The second kappa shape index (κ2) is 6.90. The fourth-order valence-electron chi connectivity index (χ4n) is 2.57. The first kappa shape index (κ1) is 16.9. The second-order valence-electron chi connectivity index (χ2n) is 5.55. The van der Waals surface area contributed by atoms with E-state index in [0.717, 1.165) is 17.3 Å². The Kier molecular flexibility index (Phi) is 4.86. The lowest BCUT2D eigenvalue weighted by Crippen LogP contribution is -2.12. The van der Waals surface area contributed by atoms with Crippen LogP contribution in [0, 0.1) is 0 Å². The molecule has 0 atom stereocenters. The highest BCUT2D eigenvalue weighted by atomic mass is 79.9. The molecule has 0 spiro atoms. The maximum Gasteiger partial charge on any atom is 0.459 e. The molecule has 1 aromatic carbocycles. The van der Waals surface area contributed by atoms with Gasteiger partial charge in [0.25, 0.3) is 0 Å². The molecule has 0 unspecified atom stereocenters. The van der Waals surface area contributed by atoms with Gasteiger partial charge in [-0.3, -0.25) is 4.79 Å². The van der Waals surface area contributed by atoms with E-state index in [1.807, 2.05) is 0 Å². The number of ketones is 1. The number of carbonyl (C=O) groups excluding carboxylic acids is 1. The third-order valence-corrected chi connectivity index (χ3v) is 4.73. The fourth-order valence-corrected chi connectivity index (χ4v) is 3.28. The summed E-state index contributed by atoms with van der Waals surface area (Å²) < 4.78 is 16.7. The van der Waals surface area contributed by atoms with E-state index in [4.69, 9.17) is 4.52 Å². The highest BCUT2D eigenvalue weighted by Gasteiger charge is 2.37. The maximum absolute atomic E-state index is 13.0. The summed E-state index contributed by atoms with van der Waals surface area (Å²) in [5, 5.41) is 12.9. The third kappa shape index (κ3) is 3.29. The van der Waals surface area contributed by atoms with Crippen molar-refractivity contribution >= 4 is 39.3 Å². The van der Waals surface area contributed by atoms with Gasteiger partial charge in [-0.2, -0.15) is 0 Å². The molecule has 0 aliphatic heterocycles. The number of aromatic carboxylic acids is 1. The van der Waals surface area contributed by atoms with E-state index in [1.165, 1.54) is 0 Å². The Labute approximate surface area is 149 Å². The summed E-state index contributed by atoms with van der Waals surface area (Å²) in [7, 11) is 0. The number of aryl methyl sites for hydroxylation is 1. The van der Waals surface area contributed by atoms with Gasteiger partial charge in [0.2, 0.25) is 11.4 Å². The molecule has 24 heavy (non-hydrogen) atoms. The normalized spacial score (nSPS) is 13.7. The number of benzene rings is 1. The first-order chi connectivity index (χ1) is 11.5. The summed E-state index contributed by atoms with van der Waals surface area (Å²) in [6.45, 7) is 0. The summed E-state index contributed by atoms with van der Waals surface area (Å²) in [6, 6.07) is 5.12. The van der Waals surface area contributed by atoms with Gasteiger partial charge in [-0.05, 0) is 36.6 Å². The smallest absolute Gasteiger partial charge is 0.459 e. The first-order valence-corrected chi connectivity index (χ1v) is 9.04. The van der Waals surface area contributed by atoms with Crippen molar-refractivity contribution in [3.63, 3.8) is 0 Å². The van der Waals surface area contributed by atoms with E-state index in [0.29, 0.717) is 40.7 Å². The quantitative estimate of drug-likeness (QED) is 0.555. The molecule has 8 heteroatoms. The van der Waals surface area contributed by atoms with Crippen molar-refractivity contribution < 1.29 is 23.4 Å². The van der Waals surface area contributed by atoms with Gasteiger partial charge in [-0.25, -0.2) is 4.79 Å². The van der Waals surface area contributed by atoms with Crippen molar-refractivity contribution in [2.45, 2.75) is 25.2 Å². The Morgan fingerprint density at radius 2 is 2.12 bits per heavy atom. The van der Waals surface area contributed by atoms with Gasteiger partial charge in [0.05, 0.1) is 0 Å². The number of rotatable bonds is 7. The maximum atomic E-state index is 13.0. The molecule has 1 aliphatic carbocycles. The van der Waals surface area contributed by atoms with Gasteiger partial charge < -0.3 is 9.63 Å². The molecule has 0 bridgehead atoms. The summed E-state index contributed by atoms with van der Waals surface area (Å²) >= 11 is 3.80. The number of halogens is 1. The number of aromatic nitrogens is 1. The molecule has 2 aromatic rings. The zero-order chi connectivity index (χ0) is 17.3.